The molecule has 1 aliphatic carbocycles. The van der Waals surface area contributed by atoms with Gasteiger partial charge in [0, 0.05) is 18.6 Å². The lowest BCUT2D eigenvalue weighted by molar-refractivity contribution is 0.158. The first kappa shape index (κ1) is 14.3. The molecule has 2 nitrogen and oxygen atoms in total. The number of likely N-dealkylation sites (tertiary alicyclic amines) is 1. The lowest BCUT2D eigenvalue weighted by Gasteiger charge is -2.37. The van der Waals surface area contributed by atoms with Crippen LogP contribution >= 0.6 is 0 Å². The van der Waals surface area contributed by atoms with Crippen molar-refractivity contribution < 1.29 is 0 Å². The highest BCUT2D eigenvalue weighted by Crippen LogP contribution is 2.26. The molecule has 2 aliphatic rings. The number of hydrogen-bond acceptors (Lipinski definition) is 2. The summed E-state index contributed by atoms with van der Waals surface area (Å²) in [4.78, 5) is 2.79. The Balaban J connectivity index is 1.94. The molecule has 106 valence electrons. The van der Waals surface area contributed by atoms with Gasteiger partial charge in [-0.25, -0.2) is 0 Å². The van der Waals surface area contributed by atoms with Gasteiger partial charge in [0.25, 0.3) is 0 Å². The summed E-state index contributed by atoms with van der Waals surface area (Å²) < 4.78 is 0. The van der Waals surface area contributed by atoms with Crippen molar-refractivity contribution in [2.45, 2.75) is 77.3 Å². The Morgan fingerprint density at radius 3 is 2.50 bits per heavy atom. The molecule has 2 heteroatoms. The minimum atomic E-state index is 0.760. The summed E-state index contributed by atoms with van der Waals surface area (Å²) in [5, 5.41) is 3.84. The Morgan fingerprint density at radius 2 is 1.83 bits per heavy atom. The number of nitrogens with one attached hydrogen (secondary N) is 1. The summed E-state index contributed by atoms with van der Waals surface area (Å²) in [6.07, 6.45) is 11.3. The minimum absolute atomic E-state index is 0.760. The molecule has 0 aromatic carbocycles. The average molecular weight is 252 g/mol. The minimum Gasteiger partial charge on any atom is -0.312 e. The van der Waals surface area contributed by atoms with Gasteiger partial charge < -0.3 is 5.32 Å². The molecule has 3 unspecified atom stereocenters. The standard InChI is InChI=1S/C16H32N2/c1-3-11-17-15-8-6-4-5-7-9-16(15)18-12-10-14(2)13-18/h14-17H,3-13H2,1-2H3. The van der Waals surface area contributed by atoms with E-state index in [0.717, 1.165) is 18.0 Å². The van der Waals surface area contributed by atoms with Gasteiger partial charge in [-0.3, -0.25) is 4.90 Å². The largest absolute Gasteiger partial charge is 0.312 e. The van der Waals surface area contributed by atoms with Crippen LogP contribution in [-0.2, 0) is 0 Å². The van der Waals surface area contributed by atoms with E-state index < -0.39 is 0 Å². The highest BCUT2D eigenvalue weighted by Gasteiger charge is 2.31. The predicted octanol–water partition coefficient (Wildman–Crippen LogP) is 3.42. The Kier molecular flexibility index (Phi) is 5.97. The van der Waals surface area contributed by atoms with E-state index in [1.165, 1.54) is 71.0 Å². The summed E-state index contributed by atoms with van der Waals surface area (Å²) in [6, 6.07) is 1.58. The fraction of sp³-hybridized carbons (Fsp3) is 1.00. The van der Waals surface area contributed by atoms with Crippen LogP contribution in [0.1, 0.15) is 65.2 Å². The van der Waals surface area contributed by atoms with E-state index in [0.29, 0.717) is 0 Å². The molecule has 1 saturated carbocycles. The summed E-state index contributed by atoms with van der Waals surface area (Å²) in [7, 11) is 0. The number of nitrogens with zero attached hydrogens (tertiary/aromatic N) is 1. The van der Waals surface area contributed by atoms with Crippen molar-refractivity contribution >= 4 is 0 Å². The molecule has 3 atom stereocenters. The SMILES string of the molecule is CCCNC1CCCCCCC1N1CCC(C)C1. The zero-order chi connectivity index (χ0) is 12.8. The van der Waals surface area contributed by atoms with Crippen LogP contribution in [0.3, 0.4) is 0 Å². The molecule has 0 amide bonds. The second-order valence-electron chi connectivity index (χ2n) is 6.51. The fourth-order valence-corrected chi connectivity index (χ4v) is 3.74. The fourth-order valence-electron chi connectivity index (χ4n) is 3.74. The maximum atomic E-state index is 3.84. The van der Waals surface area contributed by atoms with Gasteiger partial charge in [-0.2, -0.15) is 0 Å². The summed E-state index contributed by atoms with van der Waals surface area (Å²) in [5.74, 6) is 0.919. The lowest BCUT2D eigenvalue weighted by atomic mass is 9.91. The topological polar surface area (TPSA) is 15.3 Å². The van der Waals surface area contributed by atoms with Gasteiger partial charge in [-0.1, -0.05) is 39.5 Å². The molecular formula is C16H32N2. The number of rotatable bonds is 4. The Labute approximate surface area is 114 Å². The normalized spacial score (nSPS) is 35.3. The van der Waals surface area contributed by atoms with Crippen molar-refractivity contribution in [1.29, 1.82) is 0 Å². The molecule has 2 fully saturated rings. The van der Waals surface area contributed by atoms with Gasteiger partial charge in [-0.15, -0.1) is 0 Å². The molecule has 0 spiro atoms. The van der Waals surface area contributed by atoms with Crippen LogP contribution in [0, 0.1) is 5.92 Å². The van der Waals surface area contributed by atoms with Crippen LogP contribution in [0.2, 0.25) is 0 Å². The zero-order valence-corrected chi connectivity index (χ0v) is 12.5. The van der Waals surface area contributed by atoms with Crippen molar-refractivity contribution in [3.63, 3.8) is 0 Å². The monoisotopic (exact) mass is 252 g/mol. The molecular weight excluding hydrogens is 220 g/mol. The molecule has 18 heavy (non-hydrogen) atoms. The van der Waals surface area contributed by atoms with Gasteiger partial charge >= 0.3 is 0 Å². The highest BCUT2D eigenvalue weighted by molar-refractivity contribution is 4.89. The van der Waals surface area contributed by atoms with Gasteiger partial charge in [0.15, 0.2) is 0 Å². The summed E-state index contributed by atoms with van der Waals surface area (Å²) in [5.41, 5.74) is 0. The first-order chi connectivity index (χ1) is 8.81. The molecule has 0 radical (unpaired) electrons. The lowest BCUT2D eigenvalue weighted by Crippen LogP contribution is -2.50. The molecule has 1 aliphatic heterocycles. The van der Waals surface area contributed by atoms with E-state index in [9.17, 15) is 0 Å². The van der Waals surface area contributed by atoms with Crippen molar-refractivity contribution in [3.8, 4) is 0 Å². The average Bonchev–Trinajstić information content (AvgIpc) is 2.75. The van der Waals surface area contributed by atoms with Crippen LogP contribution in [0.15, 0.2) is 0 Å². The third-order valence-corrected chi connectivity index (χ3v) is 4.81. The second kappa shape index (κ2) is 7.49. The summed E-state index contributed by atoms with van der Waals surface area (Å²) >= 11 is 0. The molecule has 1 N–H and O–H groups in total. The van der Waals surface area contributed by atoms with E-state index in [4.69, 9.17) is 0 Å². The third-order valence-electron chi connectivity index (χ3n) is 4.81. The van der Waals surface area contributed by atoms with Gasteiger partial charge in [0.2, 0.25) is 0 Å². The van der Waals surface area contributed by atoms with E-state index >= 15 is 0 Å². The van der Waals surface area contributed by atoms with Gasteiger partial charge in [0.1, 0.15) is 0 Å². The molecule has 0 bridgehead atoms. The molecule has 2 rings (SSSR count). The van der Waals surface area contributed by atoms with Crippen LogP contribution < -0.4 is 5.32 Å². The van der Waals surface area contributed by atoms with E-state index in [2.05, 4.69) is 24.1 Å². The van der Waals surface area contributed by atoms with Crippen molar-refractivity contribution in [3.05, 3.63) is 0 Å². The summed E-state index contributed by atoms with van der Waals surface area (Å²) in [6.45, 7) is 8.58. The molecule has 0 aromatic rings. The maximum absolute atomic E-state index is 3.84. The number of hydrogen-bond donors (Lipinski definition) is 1. The molecule has 1 heterocycles. The van der Waals surface area contributed by atoms with Crippen molar-refractivity contribution in [2.24, 2.45) is 5.92 Å². The van der Waals surface area contributed by atoms with Crippen molar-refractivity contribution in [2.75, 3.05) is 19.6 Å². The smallest absolute Gasteiger partial charge is 0.0249 e. The van der Waals surface area contributed by atoms with Crippen molar-refractivity contribution in [1.82, 2.24) is 10.2 Å². The van der Waals surface area contributed by atoms with Gasteiger partial charge in [0.05, 0.1) is 0 Å². The Bertz CT molecular complexity index is 227. The van der Waals surface area contributed by atoms with Crippen LogP contribution in [-0.4, -0.2) is 36.6 Å². The first-order valence-electron chi connectivity index (χ1n) is 8.28. The maximum Gasteiger partial charge on any atom is 0.0249 e. The van der Waals surface area contributed by atoms with E-state index in [1.807, 2.05) is 0 Å². The Hall–Kier alpha value is -0.0800. The third kappa shape index (κ3) is 3.96. The van der Waals surface area contributed by atoms with Gasteiger partial charge in [-0.05, 0) is 44.7 Å². The van der Waals surface area contributed by atoms with Crippen LogP contribution in [0.5, 0.6) is 0 Å². The molecule has 0 aromatic heterocycles. The van der Waals surface area contributed by atoms with Crippen LogP contribution in [0.25, 0.3) is 0 Å². The highest BCUT2D eigenvalue weighted by atomic mass is 15.2. The molecule has 1 saturated heterocycles. The predicted molar refractivity (Wildman–Crippen MR) is 78.9 cm³/mol. The van der Waals surface area contributed by atoms with E-state index in [-0.39, 0.29) is 0 Å². The zero-order valence-electron chi connectivity index (χ0n) is 12.5. The second-order valence-corrected chi connectivity index (χ2v) is 6.51. The van der Waals surface area contributed by atoms with Crippen LogP contribution in [0.4, 0.5) is 0 Å². The Morgan fingerprint density at radius 1 is 1.06 bits per heavy atom. The quantitative estimate of drug-likeness (QED) is 0.825. The van der Waals surface area contributed by atoms with E-state index in [1.54, 1.807) is 0 Å². The first-order valence-corrected chi connectivity index (χ1v) is 8.28.